The Labute approximate surface area is 107 Å². The molecule has 0 saturated heterocycles. The van der Waals surface area contributed by atoms with Crippen molar-refractivity contribution in [3.05, 3.63) is 23.8 Å². The van der Waals surface area contributed by atoms with Crippen molar-refractivity contribution in [2.24, 2.45) is 5.73 Å². The van der Waals surface area contributed by atoms with E-state index in [2.05, 4.69) is 0 Å². The Morgan fingerprint density at radius 3 is 2.78 bits per heavy atom. The third-order valence-corrected chi connectivity index (χ3v) is 2.63. The summed E-state index contributed by atoms with van der Waals surface area (Å²) in [7, 11) is 1.57. The number of ether oxygens (including phenoxy) is 2. The molecule has 0 amide bonds. The van der Waals surface area contributed by atoms with Gasteiger partial charge in [0, 0.05) is 12.1 Å². The van der Waals surface area contributed by atoms with E-state index >= 15 is 0 Å². The third-order valence-electron chi connectivity index (χ3n) is 2.63. The molecule has 0 bridgehead atoms. The lowest BCUT2D eigenvalue weighted by molar-refractivity contribution is -0.139. The fourth-order valence-electron chi connectivity index (χ4n) is 1.56. The Morgan fingerprint density at radius 2 is 2.22 bits per heavy atom. The van der Waals surface area contributed by atoms with E-state index in [-0.39, 0.29) is 12.6 Å². The van der Waals surface area contributed by atoms with E-state index < -0.39 is 5.97 Å². The largest absolute Gasteiger partial charge is 0.496 e. The second kappa shape index (κ2) is 6.86. The molecular formula is C13H19NO4. The van der Waals surface area contributed by atoms with E-state index in [0.717, 1.165) is 18.4 Å². The van der Waals surface area contributed by atoms with Gasteiger partial charge in [-0.1, -0.05) is 13.0 Å². The van der Waals surface area contributed by atoms with Crippen molar-refractivity contribution in [2.45, 2.75) is 25.8 Å². The molecule has 0 saturated carbocycles. The molecule has 5 heteroatoms. The van der Waals surface area contributed by atoms with Crippen LogP contribution in [0.4, 0.5) is 0 Å². The van der Waals surface area contributed by atoms with Gasteiger partial charge in [-0.15, -0.1) is 0 Å². The quantitative estimate of drug-likeness (QED) is 0.768. The average molecular weight is 253 g/mol. The lowest BCUT2D eigenvalue weighted by atomic mass is 10.0. The predicted octanol–water partition coefficient (Wildman–Crippen LogP) is 1.44. The van der Waals surface area contributed by atoms with Gasteiger partial charge >= 0.3 is 5.97 Å². The van der Waals surface area contributed by atoms with Crippen LogP contribution in [0.15, 0.2) is 18.2 Å². The molecule has 0 heterocycles. The number of rotatable bonds is 7. The van der Waals surface area contributed by atoms with E-state index in [1.54, 1.807) is 19.2 Å². The minimum atomic E-state index is -1.01. The molecule has 0 fully saturated rings. The number of hydrogen-bond donors (Lipinski definition) is 2. The molecule has 1 rings (SSSR count). The van der Waals surface area contributed by atoms with Crippen molar-refractivity contribution in [1.29, 1.82) is 0 Å². The van der Waals surface area contributed by atoms with Crippen LogP contribution >= 0.6 is 0 Å². The molecular weight excluding hydrogens is 234 g/mol. The van der Waals surface area contributed by atoms with Gasteiger partial charge in [-0.25, -0.2) is 4.79 Å². The maximum Gasteiger partial charge on any atom is 0.341 e. The highest BCUT2D eigenvalue weighted by atomic mass is 16.5. The first-order chi connectivity index (χ1) is 8.56. The Hall–Kier alpha value is -1.75. The van der Waals surface area contributed by atoms with E-state index in [1.807, 2.05) is 13.0 Å². The van der Waals surface area contributed by atoms with Crippen molar-refractivity contribution in [3.8, 4) is 11.5 Å². The summed E-state index contributed by atoms with van der Waals surface area (Å²) in [4.78, 5) is 10.4. The van der Waals surface area contributed by atoms with Gasteiger partial charge in [-0.3, -0.25) is 0 Å². The molecule has 5 nitrogen and oxygen atoms in total. The Balaban J connectivity index is 2.79. The number of benzene rings is 1. The van der Waals surface area contributed by atoms with Gasteiger partial charge in [0.15, 0.2) is 6.61 Å². The summed E-state index contributed by atoms with van der Waals surface area (Å²) in [5.41, 5.74) is 6.90. The summed E-state index contributed by atoms with van der Waals surface area (Å²) >= 11 is 0. The van der Waals surface area contributed by atoms with Crippen LogP contribution in [0.25, 0.3) is 0 Å². The van der Waals surface area contributed by atoms with Crippen LogP contribution in [0.5, 0.6) is 11.5 Å². The molecule has 0 aliphatic carbocycles. The molecule has 1 aromatic rings. The smallest absolute Gasteiger partial charge is 0.341 e. The molecule has 0 radical (unpaired) electrons. The fourth-order valence-corrected chi connectivity index (χ4v) is 1.56. The molecule has 18 heavy (non-hydrogen) atoms. The van der Waals surface area contributed by atoms with E-state index in [9.17, 15) is 4.79 Å². The second-order valence-corrected chi connectivity index (χ2v) is 4.03. The zero-order chi connectivity index (χ0) is 13.5. The standard InChI is InChI=1S/C13H19NO4/c1-3-10(14)6-9-4-5-11(7-12(9)17-2)18-8-13(15)16/h4-5,7,10H,3,6,8,14H2,1-2H3,(H,15,16). The van der Waals surface area contributed by atoms with Gasteiger partial charge in [-0.2, -0.15) is 0 Å². The normalized spacial score (nSPS) is 11.9. The topological polar surface area (TPSA) is 81.8 Å². The van der Waals surface area contributed by atoms with Gasteiger partial charge in [0.1, 0.15) is 11.5 Å². The van der Waals surface area contributed by atoms with E-state index in [0.29, 0.717) is 11.5 Å². The molecule has 0 spiro atoms. The Morgan fingerprint density at radius 1 is 1.50 bits per heavy atom. The summed E-state index contributed by atoms with van der Waals surface area (Å²) < 4.78 is 10.3. The van der Waals surface area contributed by atoms with Crippen molar-refractivity contribution in [1.82, 2.24) is 0 Å². The lowest BCUT2D eigenvalue weighted by Gasteiger charge is -2.14. The number of carbonyl (C=O) groups is 1. The number of hydrogen-bond acceptors (Lipinski definition) is 4. The third kappa shape index (κ3) is 4.25. The number of carboxylic acid groups (broad SMARTS) is 1. The van der Waals surface area contributed by atoms with Crippen molar-refractivity contribution in [3.63, 3.8) is 0 Å². The lowest BCUT2D eigenvalue weighted by Crippen LogP contribution is -2.21. The minimum absolute atomic E-state index is 0.0877. The van der Waals surface area contributed by atoms with Crippen LogP contribution in [-0.2, 0) is 11.2 Å². The SMILES string of the molecule is CCC(N)Cc1ccc(OCC(=O)O)cc1OC. The second-order valence-electron chi connectivity index (χ2n) is 4.03. The first-order valence-electron chi connectivity index (χ1n) is 5.83. The highest BCUT2D eigenvalue weighted by molar-refractivity contribution is 5.68. The molecule has 100 valence electrons. The average Bonchev–Trinajstić information content (AvgIpc) is 2.37. The maximum atomic E-state index is 10.4. The number of aliphatic carboxylic acids is 1. The monoisotopic (exact) mass is 253 g/mol. The van der Waals surface area contributed by atoms with Gasteiger partial charge in [0.2, 0.25) is 0 Å². The van der Waals surface area contributed by atoms with Crippen LogP contribution in [0, 0.1) is 0 Å². The predicted molar refractivity (Wildman–Crippen MR) is 68.1 cm³/mol. The van der Waals surface area contributed by atoms with Crippen LogP contribution in [0.2, 0.25) is 0 Å². The van der Waals surface area contributed by atoms with E-state index in [4.69, 9.17) is 20.3 Å². The summed E-state index contributed by atoms with van der Waals surface area (Å²) in [6.45, 7) is 1.67. The highest BCUT2D eigenvalue weighted by Crippen LogP contribution is 2.25. The fraction of sp³-hybridized carbons (Fsp3) is 0.462. The molecule has 0 aromatic heterocycles. The van der Waals surface area contributed by atoms with Gasteiger partial charge in [0.25, 0.3) is 0 Å². The summed E-state index contributed by atoms with van der Waals surface area (Å²) in [6.07, 6.45) is 1.61. The zero-order valence-electron chi connectivity index (χ0n) is 10.7. The van der Waals surface area contributed by atoms with E-state index in [1.165, 1.54) is 0 Å². The number of nitrogens with two attached hydrogens (primary N) is 1. The molecule has 3 N–H and O–H groups in total. The van der Waals surface area contributed by atoms with Crippen molar-refractivity contribution < 1.29 is 19.4 Å². The van der Waals surface area contributed by atoms with Crippen LogP contribution in [-0.4, -0.2) is 30.8 Å². The van der Waals surface area contributed by atoms with Gasteiger partial charge < -0.3 is 20.3 Å². The summed E-state index contributed by atoms with van der Waals surface area (Å²) in [6, 6.07) is 5.35. The Kier molecular flexibility index (Phi) is 5.45. The first-order valence-corrected chi connectivity index (χ1v) is 5.83. The summed E-state index contributed by atoms with van der Waals surface area (Å²) in [5, 5.41) is 8.53. The van der Waals surface area contributed by atoms with Crippen LogP contribution in [0.1, 0.15) is 18.9 Å². The molecule has 1 atom stereocenters. The van der Waals surface area contributed by atoms with Crippen LogP contribution in [0.3, 0.4) is 0 Å². The number of methoxy groups -OCH3 is 1. The maximum absolute atomic E-state index is 10.4. The molecule has 1 unspecified atom stereocenters. The minimum Gasteiger partial charge on any atom is -0.496 e. The van der Waals surface area contributed by atoms with Gasteiger partial charge in [-0.05, 0) is 24.5 Å². The molecule has 1 aromatic carbocycles. The summed E-state index contributed by atoms with van der Waals surface area (Å²) in [5.74, 6) is 0.135. The van der Waals surface area contributed by atoms with Crippen molar-refractivity contribution in [2.75, 3.05) is 13.7 Å². The number of carboxylic acids is 1. The van der Waals surface area contributed by atoms with Crippen LogP contribution < -0.4 is 15.2 Å². The molecule has 0 aliphatic rings. The molecule has 0 aliphatic heterocycles. The zero-order valence-corrected chi connectivity index (χ0v) is 10.7. The first kappa shape index (κ1) is 14.3. The van der Waals surface area contributed by atoms with Crippen molar-refractivity contribution >= 4 is 5.97 Å². The van der Waals surface area contributed by atoms with Gasteiger partial charge in [0.05, 0.1) is 7.11 Å². The Bertz CT molecular complexity index is 406. The highest BCUT2D eigenvalue weighted by Gasteiger charge is 2.09.